The number of rotatable bonds is 4. The van der Waals surface area contributed by atoms with Gasteiger partial charge < -0.3 is 4.74 Å². The summed E-state index contributed by atoms with van der Waals surface area (Å²) >= 11 is 7.28. The van der Waals surface area contributed by atoms with Crippen LogP contribution in [0.4, 0.5) is 0 Å². The Kier molecular flexibility index (Phi) is 4.35. The van der Waals surface area contributed by atoms with Crippen molar-refractivity contribution in [3.63, 3.8) is 0 Å². The number of aromatic nitrogens is 2. The fourth-order valence-corrected chi connectivity index (χ4v) is 2.69. The molecule has 1 aromatic heterocycles. The average Bonchev–Trinajstić information content (AvgIpc) is 2.76. The van der Waals surface area contributed by atoms with E-state index in [0.717, 1.165) is 29.5 Å². The molecule has 0 radical (unpaired) electrons. The number of hydrogen-bond donors (Lipinski definition) is 0. The van der Waals surface area contributed by atoms with Crippen LogP contribution in [0.5, 0.6) is 0 Å². The van der Waals surface area contributed by atoms with Gasteiger partial charge in [0.2, 0.25) is 0 Å². The van der Waals surface area contributed by atoms with Crippen LogP contribution in [0, 0.1) is 0 Å². The molecule has 1 atom stereocenters. The van der Waals surface area contributed by atoms with E-state index in [1.807, 2.05) is 0 Å². The summed E-state index contributed by atoms with van der Waals surface area (Å²) < 4.78 is 5.66. The fourth-order valence-electron chi connectivity index (χ4n) is 1.76. The van der Waals surface area contributed by atoms with Crippen molar-refractivity contribution in [1.82, 2.24) is 10.2 Å². The molecule has 2 rings (SSSR count). The van der Waals surface area contributed by atoms with E-state index in [0.29, 0.717) is 12.0 Å². The monoisotopic (exact) mass is 246 g/mol. The molecule has 1 aromatic rings. The first kappa shape index (κ1) is 11.3. The second kappa shape index (κ2) is 5.77. The Hall–Kier alpha value is -0.190. The Bertz CT molecular complexity index is 299. The van der Waals surface area contributed by atoms with Crippen molar-refractivity contribution >= 4 is 22.9 Å². The zero-order chi connectivity index (χ0) is 10.5. The minimum absolute atomic E-state index is 0.433. The van der Waals surface area contributed by atoms with Gasteiger partial charge in [0.1, 0.15) is 10.0 Å². The van der Waals surface area contributed by atoms with E-state index in [1.54, 1.807) is 11.3 Å². The molecule has 1 unspecified atom stereocenters. The average molecular weight is 247 g/mol. The van der Waals surface area contributed by atoms with Gasteiger partial charge in [0.15, 0.2) is 0 Å². The molecule has 3 nitrogen and oxygen atoms in total. The van der Waals surface area contributed by atoms with E-state index in [-0.39, 0.29) is 0 Å². The lowest BCUT2D eigenvalue weighted by Crippen LogP contribution is -2.19. The van der Waals surface area contributed by atoms with Gasteiger partial charge in [-0.2, -0.15) is 0 Å². The predicted molar refractivity (Wildman–Crippen MR) is 61.4 cm³/mol. The lowest BCUT2D eigenvalue weighted by molar-refractivity contribution is 0.0115. The number of hydrogen-bond acceptors (Lipinski definition) is 4. The maximum Gasteiger partial charge on any atom is 0.132 e. The molecule has 0 amide bonds. The molecule has 15 heavy (non-hydrogen) atoms. The summed E-state index contributed by atoms with van der Waals surface area (Å²) in [5.74, 6) is 0.470. The smallest absolute Gasteiger partial charge is 0.132 e. The Balaban J connectivity index is 1.76. The van der Waals surface area contributed by atoms with Crippen molar-refractivity contribution in [3.05, 3.63) is 10.0 Å². The first-order valence-electron chi connectivity index (χ1n) is 5.37. The highest BCUT2D eigenvalue weighted by Crippen LogP contribution is 2.19. The molecule has 1 fully saturated rings. The van der Waals surface area contributed by atoms with Crippen LogP contribution in [0.15, 0.2) is 0 Å². The fraction of sp³-hybridized carbons (Fsp3) is 0.800. The second-order valence-electron chi connectivity index (χ2n) is 3.75. The molecule has 2 heterocycles. The van der Waals surface area contributed by atoms with E-state index in [2.05, 4.69) is 10.2 Å². The highest BCUT2D eigenvalue weighted by atomic mass is 35.5. The minimum Gasteiger partial charge on any atom is -0.378 e. The Morgan fingerprint density at radius 1 is 1.33 bits per heavy atom. The molecule has 5 heteroatoms. The Morgan fingerprint density at radius 2 is 2.20 bits per heavy atom. The third-order valence-corrected chi connectivity index (χ3v) is 3.97. The zero-order valence-electron chi connectivity index (χ0n) is 8.62. The van der Waals surface area contributed by atoms with Gasteiger partial charge in [-0.1, -0.05) is 0 Å². The number of alkyl halides is 1. The van der Waals surface area contributed by atoms with Crippen LogP contribution < -0.4 is 0 Å². The zero-order valence-corrected chi connectivity index (χ0v) is 10.2. The van der Waals surface area contributed by atoms with E-state index in [1.165, 1.54) is 19.3 Å². The van der Waals surface area contributed by atoms with Crippen molar-refractivity contribution in [2.45, 2.75) is 44.1 Å². The molecular weight excluding hydrogens is 232 g/mol. The highest BCUT2D eigenvalue weighted by molar-refractivity contribution is 7.11. The molecule has 84 valence electrons. The van der Waals surface area contributed by atoms with Crippen LogP contribution in [-0.2, 0) is 17.0 Å². The molecule has 0 saturated carbocycles. The molecule has 0 spiro atoms. The van der Waals surface area contributed by atoms with E-state index in [4.69, 9.17) is 16.3 Å². The summed E-state index contributed by atoms with van der Waals surface area (Å²) in [7, 11) is 0. The van der Waals surface area contributed by atoms with Crippen LogP contribution >= 0.6 is 22.9 Å². The van der Waals surface area contributed by atoms with Gasteiger partial charge in [0, 0.05) is 13.0 Å². The van der Waals surface area contributed by atoms with Gasteiger partial charge in [0.05, 0.1) is 12.0 Å². The highest BCUT2D eigenvalue weighted by Gasteiger charge is 2.14. The maximum atomic E-state index is 5.67. The first-order valence-corrected chi connectivity index (χ1v) is 6.72. The van der Waals surface area contributed by atoms with Crippen molar-refractivity contribution in [2.75, 3.05) is 6.61 Å². The lowest BCUT2D eigenvalue weighted by Gasteiger charge is -2.21. The van der Waals surface area contributed by atoms with Gasteiger partial charge in [-0.25, -0.2) is 0 Å². The number of ether oxygens (including phenoxy) is 1. The number of halogens is 1. The van der Waals surface area contributed by atoms with Crippen molar-refractivity contribution in [1.29, 1.82) is 0 Å². The SMILES string of the molecule is ClCc1nnc(CCC2CCCCO2)s1. The quantitative estimate of drug-likeness (QED) is 0.767. The van der Waals surface area contributed by atoms with Gasteiger partial charge in [-0.3, -0.25) is 0 Å². The van der Waals surface area contributed by atoms with Crippen molar-refractivity contribution in [3.8, 4) is 0 Å². The molecule has 0 bridgehead atoms. The molecule has 0 N–H and O–H groups in total. The predicted octanol–water partition coefficient (Wildman–Crippen LogP) is 2.78. The van der Waals surface area contributed by atoms with E-state index in [9.17, 15) is 0 Å². The summed E-state index contributed by atoms with van der Waals surface area (Å²) in [6.07, 6.45) is 6.18. The normalized spacial score (nSPS) is 21.8. The second-order valence-corrected chi connectivity index (χ2v) is 5.16. The Morgan fingerprint density at radius 3 is 2.87 bits per heavy atom. The van der Waals surface area contributed by atoms with E-state index >= 15 is 0 Å². The largest absolute Gasteiger partial charge is 0.378 e. The third-order valence-electron chi connectivity index (χ3n) is 2.58. The Labute approximate surface area is 98.8 Å². The topological polar surface area (TPSA) is 35.0 Å². The lowest BCUT2D eigenvalue weighted by atomic mass is 10.1. The standard InChI is InChI=1S/C10H15ClN2OS/c11-7-10-13-12-9(15-10)5-4-8-3-1-2-6-14-8/h8H,1-7H2. The summed E-state index contributed by atoms with van der Waals surface area (Å²) in [5.41, 5.74) is 0. The molecule has 0 aliphatic carbocycles. The summed E-state index contributed by atoms with van der Waals surface area (Å²) in [5, 5.41) is 10.1. The first-order chi connectivity index (χ1) is 7.38. The maximum absolute atomic E-state index is 5.67. The van der Waals surface area contributed by atoms with Crippen LogP contribution in [0.25, 0.3) is 0 Å². The van der Waals surface area contributed by atoms with Gasteiger partial charge in [0.25, 0.3) is 0 Å². The van der Waals surface area contributed by atoms with Gasteiger partial charge >= 0.3 is 0 Å². The van der Waals surface area contributed by atoms with Gasteiger partial charge in [-0.05, 0) is 25.7 Å². The third kappa shape index (κ3) is 3.40. The summed E-state index contributed by atoms with van der Waals surface area (Å²) in [4.78, 5) is 0. The van der Waals surface area contributed by atoms with Crippen LogP contribution in [0.2, 0.25) is 0 Å². The molecule has 0 aromatic carbocycles. The molecule has 1 aliphatic heterocycles. The molecular formula is C10H15ClN2OS. The van der Waals surface area contributed by atoms with Gasteiger partial charge in [-0.15, -0.1) is 33.1 Å². The number of aryl methyl sites for hydroxylation is 1. The van der Waals surface area contributed by atoms with Crippen LogP contribution in [0.1, 0.15) is 35.7 Å². The summed E-state index contributed by atoms with van der Waals surface area (Å²) in [6, 6.07) is 0. The van der Waals surface area contributed by atoms with E-state index < -0.39 is 0 Å². The van der Waals surface area contributed by atoms with Crippen LogP contribution in [0.3, 0.4) is 0 Å². The van der Waals surface area contributed by atoms with Crippen LogP contribution in [-0.4, -0.2) is 22.9 Å². The van der Waals surface area contributed by atoms with Crippen molar-refractivity contribution < 1.29 is 4.74 Å². The minimum atomic E-state index is 0.433. The van der Waals surface area contributed by atoms with Crippen molar-refractivity contribution in [2.24, 2.45) is 0 Å². The number of nitrogens with zero attached hydrogens (tertiary/aromatic N) is 2. The molecule has 1 aliphatic rings. The summed E-state index contributed by atoms with van der Waals surface area (Å²) in [6.45, 7) is 0.924. The molecule has 1 saturated heterocycles.